The van der Waals surface area contributed by atoms with Crippen LogP contribution in [0.4, 0.5) is 0 Å². The molecule has 0 nitrogen and oxygen atoms in total. The second-order valence-corrected chi connectivity index (χ2v) is 15.3. The molecule has 0 saturated heterocycles. The Kier molecular flexibility index (Phi) is 24.5. The molecule has 0 aromatic heterocycles. The summed E-state index contributed by atoms with van der Waals surface area (Å²) in [7, 11) is 0.720. The Labute approximate surface area is 261 Å². The summed E-state index contributed by atoms with van der Waals surface area (Å²) in [6, 6.07) is 13.6. The average molecular weight is 632 g/mol. The van der Waals surface area contributed by atoms with Gasteiger partial charge in [0.05, 0.1) is 0 Å². The standard InChI is InChI=1S/2C12H19.C8H19Si.2ClH.Zr/c2*1-9(2)10-6-7-11(8-10)12(3,4)5;1-5-7(3)9-8(4)6-2;;;/h2*6-9H,1-5H3;7-9H,5-6H2,1-4H3;2*1H;/q2*-1;;;;+4/p-2. The van der Waals surface area contributed by atoms with Gasteiger partial charge in [0, 0.05) is 9.52 Å². The molecule has 2 aromatic rings. The molecule has 0 N–H and O–H groups in total. The van der Waals surface area contributed by atoms with E-state index in [-0.39, 0.29) is 51.0 Å². The van der Waals surface area contributed by atoms with Crippen molar-refractivity contribution in [3.63, 3.8) is 0 Å². The monoisotopic (exact) mass is 629 g/mol. The Morgan fingerprint density at radius 3 is 1.06 bits per heavy atom. The van der Waals surface area contributed by atoms with E-state index < -0.39 is 0 Å². The zero-order valence-corrected chi connectivity index (χ0v) is 31.1. The van der Waals surface area contributed by atoms with Gasteiger partial charge in [-0.1, -0.05) is 132 Å². The maximum Gasteiger partial charge on any atom is 4.00 e. The van der Waals surface area contributed by atoms with E-state index in [1.165, 1.54) is 35.1 Å². The number of hydrogen-bond donors (Lipinski definition) is 0. The van der Waals surface area contributed by atoms with Gasteiger partial charge in [-0.25, -0.2) is 12.1 Å². The normalized spacial score (nSPS) is 12.7. The first-order chi connectivity index (χ1) is 15.0. The zero-order chi connectivity index (χ0) is 26.0. The van der Waals surface area contributed by atoms with Crippen molar-refractivity contribution in [2.24, 2.45) is 0 Å². The molecule has 0 aliphatic heterocycles. The Hall–Kier alpha value is 0.380. The predicted molar refractivity (Wildman–Crippen MR) is 156 cm³/mol. The van der Waals surface area contributed by atoms with Gasteiger partial charge < -0.3 is 24.8 Å². The molecular weight excluding hydrogens is 575 g/mol. The van der Waals surface area contributed by atoms with Crippen molar-refractivity contribution in [1.29, 1.82) is 0 Å². The molecular formula is C32H57Cl2SiZr. The van der Waals surface area contributed by atoms with Gasteiger partial charge in [0.25, 0.3) is 0 Å². The largest absolute Gasteiger partial charge is 4.00 e. The van der Waals surface area contributed by atoms with E-state index >= 15 is 0 Å². The fourth-order valence-electron chi connectivity index (χ4n) is 3.41. The molecule has 0 spiro atoms. The van der Waals surface area contributed by atoms with Crippen LogP contribution >= 0.6 is 0 Å². The second kappa shape index (κ2) is 20.3. The van der Waals surface area contributed by atoms with Crippen LogP contribution in [0.25, 0.3) is 0 Å². The van der Waals surface area contributed by atoms with Gasteiger partial charge in [0.1, 0.15) is 0 Å². The van der Waals surface area contributed by atoms with Gasteiger partial charge in [-0.3, -0.25) is 0 Å². The SMILES string of the molecule is CC(C)c1cc(C(C)(C)C)c[cH-]1.CC(C)c1cc(C(C)(C)C)c[cH-]1.CCC(C)[SiH]C(C)CC.[Cl-].[Cl-].[Zr+4]. The molecule has 0 heterocycles. The van der Waals surface area contributed by atoms with Crippen LogP contribution in [-0.2, 0) is 37.0 Å². The summed E-state index contributed by atoms with van der Waals surface area (Å²) < 4.78 is 0. The molecule has 2 rings (SSSR count). The van der Waals surface area contributed by atoms with E-state index in [0.717, 1.165) is 20.6 Å². The quantitative estimate of drug-likeness (QED) is 0.325. The Balaban J connectivity index is -0.000000207. The van der Waals surface area contributed by atoms with E-state index in [0.29, 0.717) is 22.7 Å². The van der Waals surface area contributed by atoms with E-state index in [9.17, 15) is 0 Å². The summed E-state index contributed by atoms with van der Waals surface area (Å²) in [5, 5.41) is 0. The van der Waals surface area contributed by atoms with Gasteiger partial charge in [0.15, 0.2) is 0 Å². The van der Waals surface area contributed by atoms with E-state index in [4.69, 9.17) is 0 Å². The van der Waals surface area contributed by atoms with Crippen molar-refractivity contribution < 1.29 is 51.0 Å². The third-order valence-corrected chi connectivity index (χ3v) is 8.82. The molecule has 0 aliphatic rings. The minimum atomic E-state index is 0. The minimum Gasteiger partial charge on any atom is -1.00 e. The van der Waals surface area contributed by atoms with E-state index in [1.54, 1.807) is 0 Å². The number of hydrogen-bond acceptors (Lipinski definition) is 0. The molecule has 2 unspecified atom stereocenters. The van der Waals surface area contributed by atoms with Gasteiger partial charge in [-0.2, -0.15) is 46.5 Å². The van der Waals surface area contributed by atoms with Crippen LogP contribution in [0.5, 0.6) is 0 Å². The van der Waals surface area contributed by atoms with E-state index in [1.807, 2.05) is 0 Å². The van der Waals surface area contributed by atoms with E-state index in [2.05, 4.69) is 133 Å². The molecule has 0 fully saturated rings. The molecule has 0 aliphatic carbocycles. The molecule has 0 bridgehead atoms. The van der Waals surface area contributed by atoms with Crippen LogP contribution in [-0.4, -0.2) is 9.52 Å². The molecule has 2 aromatic carbocycles. The van der Waals surface area contributed by atoms with Crippen molar-refractivity contribution in [3.05, 3.63) is 58.7 Å². The van der Waals surface area contributed by atoms with Crippen molar-refractivity contribution in [2.45, 2.75) is 144 Å². The third kappa shape index (κ3) is 17.8. The summed E-state index contributed by atoms with van der Waals surface area (Å²) in [5.74, 6) is 1.31. The van der Waals surface area contributed by atoms with Crippen molar-refractivity contribution in [1.82, 2.24) is 0 Å². The molecule has 0 saturated carbocycles. The van der Waals surface area contributed by atoms with Crippen LogP contribution in [0.15, 0.2) is 36.4 Å². The first-order valence-corrected chi connectivity index (χ1v) is 14.7. The fraction of sp³-hybridized carbons (Fsp3) is 0.688. The van der Waals surface area contributed by atoms with Gasteiger partial charge >= 0.3 is 26.2 Å². The molecule has 4 heteroatoms. The fourth-order valence-corrected chi connectivity index (χ4v) is 5.07. The smallest absolute Gasteiger partial charge is 1.00 e. The molecule has 1 radical (unpaired) electrons. The Bertz CT molecular complexity index is 695. The topological polar surface area (TPSA) is 0 Å². The summed E-state index contributed by atoms with van der Waals surface area (Å²) in [5.41, 5.74) is 8.44. The third-order valence-electron chi connectivity index (χ3n) is 6.57. The summed E-state index contributed by atoms with van der Waals surface area (Å²) in [6.45, 7) is 31.8. The maximum atomic E-state index is 2.38. The zero-order valence-electron chi connectivity index (χ0n) is 26.0. The minimum absolute atomic E-state index is 0. The van der Waals surface area contributed by atoms with Crippen molar-refractivity contribution in [2.75, 3.05) is 0 Å². The molecule has 2 atom stereocenters. The summed E-state index contributed by atoms with van der Waals surface area (Å²) in [4.78, 5) is 0. The Morgan fingerprint density at radius 2 is 0.917 bits per heavy atom. The first-order valence-electron chi connectivity index (χ1n) is 13.4. The number of halogens is 2. The van der Waals surface area contributed by atoms with Crippen molar-refractivity contribution >= 4 is 9.52 Å². The van der Waals surface area contributed by atoms with Crippen LogP contribution in [0.3, 0.4) is 0 Å². The molecule has 207 valence electrons. The maximum absolute atomic E-state index is 2.38. The summed E-state index contributed by atoms with van der Waals surface area (Å²) >= 11 is 0. The molecule has 36 heavy (non-hydrogen) atoms. The molecule has 0 amide bonds. The van der Waals surface area contributed by atoms with Gasteiger partial charge in [0.2, 0.25) is 0 Å². The first kappa shape index (κ1) is 43.4. The van der Waals surface area contributed by atoms with Crippen LogP contribution in [0.1, 0.15) is 144 Å². The van der Waals surface area contributed by atoms with Crippen molar-refractivity contribution in [3.8, 4) is 0 Å². The Morgan fingerprint density at radius 1 is 0.639 bits per heavy atom. The van der Waals surface area contributed by atoms with Gasteiger partial charge in [-0.05, 0) is 11.8 Å². The second-order valence-electron chi connectivity index (χ2n) is 12.6. The number of rotatable bonds is 6. The summed E-state index contributed by atoms with van der Waals surface area (Å²) in [6.07, 6.45) is 2.75. The average Bonchev–Trinajstić information content (AvgIpc) is 3.38. The van der Waals surface area contributed by atoms with Crippen LogP contribution < -0.4 is 24.8 Å². The van der Waals surface area contributed by atoms with Gasteiger partial charge in [-0.15, -0.1) is 0 Å². The predicted octanol–water partition coefficient (Wildman–Crippen LogP) is 4.52. The van der Waals surface area contributed by atoms with Crippen LogP contribution in [0, 0.1) is 0 Å². The van der Waals surface area contributed by atoms with Crippen LogP contribution in [0.2, 0.25) is 11.1 Å².